The summed E-state index contributed by atoms with van der Waals surface area (Å²) in [6.07, 6.45) is 0. The summed E-state index contributed by atoms with van der Waals surface area (Å²) in [6.45, 7) is 10.5. The first-order valence-electron chi connectivity index (χ1n) is 10.6. The van der Waals surface area contributed by atoms with Gasteiger partial charge in [0.25, 0.3) is 5.91 Å². The predicted molar refractivity (Wildman–Crippen MR) is 122 cm³/mol. The monoisotopic (exact) mass is 426 g/mol. The molecule has 2 aromatic carbocycles. The van der Waals surface area contributed by atoms with Crippen molar-refractivity contribution in [2.75, 3.05) is 31.9 Å². The number of hydrogen-bond acceptors (Lipinski definition) is 3. The third-order valence-electron chi connectivity index (χ3n) is 5.39. The summed E-state index contributed by atoms with van der Waals surface area (Å²) in [6, 6.07) is 16.3. The summed E-state index contributed by atoms with van der Waals surface area (Å²) in [5.74, 6) is 0.375. The Balaban J connectivity index is 1.57. The van der Waals surface area contributed by atoms with Crippen molar-refractivity contribution in [2.24, 2.45) is 0 Å². The smallest absolute Gasteiger partial charge is 0.255 e. The number of nitrogens with zero attached hydrogens (tertiary/aromatic N) is 1. The molecular weight excluding hydrogens is 394 g/mol. The molecule has 1 fully saturated rings. The van der Waals surface area contributed by atoms with Crippen LogP contribution >= 0.6 is 11.8 Å². The molecule has 0 bridgehead atoms. The van der Waals surface area contributed by atoms with E-state index >= 15 is 0 Å². The minimum Gasteiger partial charge on any atom is -0.353 e. The van der Waals surface area contributed by atoms with E-state index in [2.05, 4.69) is 36.5 Å². The summed E-state index contributed by atoms with van der Waals surface area (Å²) in [7, 11) is 0. The van der Waals surface area contributed by atoms with Gasteiger partial charge in [0.2, 0.25) is 5.91 Å². The van der Waals surface area contributed by atoms with Crippen molar-refractivity contribution in [3.63, 3.8) is 0 Å². The lowest BCUT2D eigenvalue weighted by atomic mass is 10.1. The van der Waals surface area contributed by atoms with Crippen LogP contribution in [0.2, 0.25) is 0 Å². The number of hydrogen-bond donors (Lipinski definition) is 2. The van der Waals surface area contributed by atoms with Gasteiger partial charge in [-0.05, 0) is 38.5 Å². The highest BCUT2D eigenvalue weighted by Gasteiger charge is 2.26. The van der Waals surface area contributed by atoms with Crippen LogP contribution in [0.4, 0.5) is 0 Å². The van der Waals surface area contributed by atoms with Gasteiger partial charge in [-0.2, -0.15) is 0 Å². The lowest BCUT2D eigenvalue weighted by Gasteiger charge is -2.33. The largest absolute Gasteiger partial charge is 0.353 e. The molecule has 0 radical (unpaired) electrons. The van der Waals surface area contributed by atoms with Gasteiger partial charge >= 0.3 is 0 Å². The Morgan fingerprint density at radius 2 is 1.73 bits per heavy atom. The number of carbonyl (C=O) groups is 2. The van der Waals surface area contributed by atoms with E-state index in [4.69, 9.17) is 0 Å². The molecule has 3 rings (SSSR count). The SMILES string of the molecule is Cc1ccccc1C[NH+]1CCN(C(=O)c2ccccc2SCC(=O)NC(C)C)CC1. The molecule has 1 aliphatic rings. The van der Waals surface area contributed by atoms with Crippen LogP contribution < -0.4 is 10.2 Å². The van der Waals surface area contributed by atoms with E-state index in [-0.39, 0.29) is 17.9 Å². The molecule has 0 aromatic heterocycles. The number of aryl methyl sites for hydroxylation is 1. The van der Waals surface area contributed by atoms with Crippen molar-refractivity contribution in [1.29, 1.82) is 0 Å². The molecule has 2 N–H and O–H groups in total. The zero-order valence-electron chi connectivity index (χ0n) is 18.1. The standard InChI is InChI=1S/C24H31N3O2S/c1-18(2)25-23(28)17-30-22-11-7-6-10-21(22)24(29)27-14-12-26(13-15-27)16-20-9-5-4-8-19(20)3/h4-11,18H,12-17H2,1-3H3,(H,25,28)/p+1. The van der Waals surface area contributed by atoms with Gasteiger partial charge in [-0.15, -0.1) is 11.8 Å². The summed E-state index contributed by atoms with van der Waals surface area (Å²) in [5.41, 5.74) is 3.41. The Labute approximate surface area is 183 Å². The second kappa shape index (κ2) is 10.6. The number of rotatable bonds is 7. The number of nitrogens with one attached hydrogen (secondary N) is 2. The summed E-state index contributed by atoms with van der Waals surface area (Å²) < 4.78 is 0. The molecule has 6 heteroatoms. The van der Waals surface area contributed by atoms with Gasteiger partial charge in [0.05, 0.1) is 37.5 Å². The first-order chi connectivity index (χ1) is 14.4. The lowest BCUT2D eigenvalue weighted by molar-refractivity contribution is -0.917. The maximum absolute atomic E-state index is 13.2. The van der Waals surface area contributed by atoms with Gasteiger partial charge in [0, 0.05) is 16.5 Å². The molecule has 0 saturated carbocycles. The van der Waals surface area contributed by atoms with Crippen molar-refractivity contribution in [1.82, 2.24) is 10.2 Å². The van der Waals surface area contributed by atoms with E-state index in [0.717, 1.165) is 37.6 Å². The van der Waals surface area contributed by atoms with E-state index in [0.29, 0.717) is 11.3 Å². The molecule has 1 heterocycles. The number of quaternary nitrogens is 1. The zero-order valence-corrected chi connectivity index (χ0v) is 18.9. The number of piperazine rings is 1. The number of carbonyl (C=O) groups excluding carboxylic acids is 2. The number of benzene rings is 2. The summed E-state index contributed by atoms with van der Waals surface area (Å²) >= 11 is 1.43. The maximum atomic E-state index is 13.2. The van der Waals surface area contributed by atoms with Crippen molar-refractivity contribution in [3.8, 4) is 0 Å². The van der Waals surface area contributed by atoms with E-state index < -0.39 is 0 Å². The van der Waals surface area contributed by atoms with Crippen LogP contribution in [0.3, 0.4) is 0 Å². The molecule has 2 aromatic rings. The van der Waals surface area contributed by atoms with Crippen LogP contribution in [-0.2, 0) is 11.3 Å². The lowest BCUT2D eigenvalue weighted by Crippen LogP contribution is -3.13. The molecule has 0 aliphatic carbocycles. The second-order valence-corrected chi connectivity index (χ2v) is 9.17. The van der Waals surface area contributed by atoms with Crippen LogP contribution in [0.5, 0.6) is 0 Å². The minimum atomic E-state index is -0.00864. The van der Waals surface area contributed by atoms with Crippen molar-refractivity contribution >= 4 is 23.6 Å². The highest BCUT2D eigenvalue weighted by Crippen LogP contribution is 2.24. The Hall–Kier alpha value is -2.31. The summed E-state index contributed by atoms with van der Waals surface area (Å²) in [4.78, 5) is 29.5. The fraction of sp³-hybridized carbons (Fsp3) is 0.417. The van der Waals surface area contributed by atoms with Crippen molar-refractivity contribution in [2.45, 2.75) is 38.3 Å². The minimum absolute atomic E-state index is 0.00864. The normalized spacial score (nSPS) is 14.7. The highest BCUT2D eigenvalue weighted by atomic mass is 32.2. The molecule has 1 aliphatic heterocycles. The zero-order chi connectivity index (χ0) is 21.5. The summed E-state index contributed by atoms with van der Waals surface area (Å²) in [5, 5.41) is 2.90. The van der Waals surface area contributed by atoms with Crippen molar-refractivity contribution in [3.05, 3.63) is 65.2 Å². The van der Waals surface area contributed by atoms with Crippen LogP contribution in [0.15, 0.2) is 53.4 Å². The molecule has 160 valence electrons. The van der Waals surface area contributed by atoms with Gasteiger partial charge in [-0.3, -0.25) is 9.59 Å². The van der Waals surface area contributed by atoms with Gasteiger partial charge in [0.1, 0.15) is 6.54 Å². The van der Waals surface area contributed by atoms with Crippen LogP contribution in [0.1, 0.15) is 35.3 Å². The van der Waals surface area contributed by atoms with Crippen LogP contribution in [-0.4, -0.2) is 54.7 Å². The topological polar surface area (TPSA) is 53.9 Å². The molecule has 2 amide bonds. The predicted octanol–water partition coefficient (Wildman–Crippen LogP) is 2.15. The quantitative estimate of drug-likeness (QED) is 0.667. The fourth-order valence-electron chi connectivity index (χ4n) is 3.73. The Kier molecular flexibility index (Phi) is 7.94. The van der Waals surface area contributed by atoms with Gasteiger partial charge < -0.3 is 15.1 Å². The Morgan fingerprint density at radius 1 is 1.07 bits per heavy atom. The number of thioether (sulfide) groups is 1. The van der Waals surface area contributed by atoms with E-state index in [1.807, 2.05) is 43.0 Å². The van der Waals surface area contributed by atoms with Crippen LogP contribution in [0, 0.1) is 6.92 Å². The van der Waals surface area contributed by atoms with E-state index in [1.165, 1.54) is 27.8 Å². The van der Waals surface area contributed by atoms with Gasteiger partial charge in [-0.25, -0.2) is 0 Å². The van der Waals surface area contributed by atoms with Crippen LogP contribution in [0.25, 0.3) is 0 Å². The average Bonchev–Trinajstić information content (AvgIpc) is 2.74. The van der Waals surface area contributed by atoms with E-state index in [9.17, 15) is 9.59 Å². The molecule has 0 unspecified atom stereocenters. The van der Waals surface area contributed by atoms with Gasteiger partial charge in [0.15, 0.2) is 0 Å². The third-order valence-corrected chi connectivity index (χ3v) is 6.46. The fourth-order valence-corrected chi connectivity index (χ4v) is 4.58. The maximum Gasteiger partial charge on any atom is 0.255 e. The highest BCUT2D eigenvalue weighted by molar-refractivity contribution is 8.00. The van der Waals surface area contributed by atoms with E-state index in [1.54, 1.807) is 0 Å². The molecule has 30 heavy (non-hydrogen) atoms. The molecule has 0 atom stereocenters. The first-order valence-corrected chi connectivity index (χ1v) is 11.6. The Bertz CT molecular complexity index is 876. The second-order valence-electron chi connectivity index (χ2n) is 8.15. The number of amides is 2. The average molecular weight is 427 g/mol. The first kappa shape index (κ1) is 22.4. The molecule has 0 spiro atoms. The van der Waals surface area contributed by atoms with Crippen molar-refractivity contribution < 1.29 is 14.5 Å². The third kappa shape index (κ3) is 6.09. The molecular formula is C24H32N3O2S+. The van der Waals surface area contributed by atoms with Gasteiger partial charge in [-0.1, -0.05) is 36.4 Å². The Morgan fingerprint density at radius 3 is 2.43 bits per heavy atom. The molecule has 5 nitrogen and oxygen atoms in total. The molecule has 1 saturated heterocycles.